The maximum Gasteiger partial charge on any atom is 0.236 e. The van der Waals surface area contributed by atoms with Crippen molar-refractivity contribution in [2.75, 3.05) is 20.1 Å². The fourth-order valence-electron chi connectivity index (χ4n) is 1.69. The molecule has 0 spiro atoms. The number of piperazine rings is 1. The third kappa shape index (κ3) is 1.77. The first-order valence-electron chi connectivity index (χ1n) is 4.79. The molecule has 1 heterocycles. The molecule has 3 heteroatoms. The van der Waals surface area contributed by atoms with E-state index in [1.165, 1.54) is 5.56 Å². The third-order valence-electron chi connectivity index (χ3n) is 2.58. The van der Waals surface area contributed by atoms with Crippen molar-refractivity contribution in [1.29, 1.82) is 0 Å². The second-order valence-electron chi connectivity index (χ2n) is 3.62. The van der Waals surface area contributed by atoms with E-state index < -0.39 is 0 Å². The molecule has 1 aromatic rings. The summed E-state index contributed by atoms with van der Waals surface area (Å²) in [5.41, 5.74) is 1.24. The molecule has 1 aliphatic rings. The molecule has 0 unspecified atom stereocenters. The zero-order valence-electron chi connectivity index (χ0n) is 8.23. The highest BCUT2D eigenvalue weighted by Gasteiger charge is 2.22. The van der Waals surface area contributed by atoms with Crippen LogP contribution in [-0.4, -0.2) is 30.9 Å². The average molecular weight is 190 g/mol. The Morgan fingerprint density at radius 3 is 2.71 bits per heavy atom. The lowest BCUT2D eigenvalue weighted by atomic mass is 10.1. The number of nitrogens with one attached hydrogen (secondary N) is 1. The Kier molecular flexibility index (Phi) is 2.50. The van der Waals surface area contributed by atoms with Crippen LogP contribution in [0.2, 0.25) is 0 Å². The molecule has 0 radical (unpaired) electrons. The van der Waals surface area contributed by atoms with Gasteiger partial charge < -0.3 is 4.90 Å². The maximum atomic E-state index is 11.2. The van der Waals surface area contributed by atoms with Gasteiger partial charge >= 0.3 is 0 Å². The number of nitrogens with zero attached hydrogens (tertiary/aromatic N) is 1. The van der Waals surface area contributed by atoms with Gasteiger partial charge in [-0.3, -0.25) is 10.1 Å². The summed E-state index contributed by atoms with van der Waals surface area (Å²) in [7, 11) is 1.85. The summed E-state index contributed by atoms with van der Waals surface area (Å²) < 4.78 is 0. The highest BCUT2D eigenvalue weighted by Crippen LogP contribution is 2.15. The second-order valence-corrected chi connectivity index (χ2v) is 3.62. The standard InChI is InChI=1S/C11H14N2O/c1-13-8-10(12-7-11(13)14)9-5-3-2-4-6-9/h2-6,10,12H,7-8H2,1H3/t10-/m1/s1. The van der Waals surface area contributed by atoms with E-state index in [0.717, 1.165) is 6.54 Å². The first kappa shape index (κ1) is 9.21. The maximum absolute atomic E-state index is 11.2. The Hall–Kier alpha value is -1.35. The van der Waals surface area contributed by atoms with Crippen LogP contribution in [0.4, 0.5) is 0 Å². The number of carbonyl (C=O) groups is 1. The van der Waals surface area contributed by atoms with Crippen molar-refractivity contribution in [3.63, 3.8) is 0 Å². The lowest BCUT2D eigenvalue weighted by Gasteiger charge is -2.30. The number of benzene rings is 1. The largest absolute Gasteiger partial charge is 0.343 e. The van der Waals surface area contributed by atoms with Crippen molar-refractivity contribution in [2.24, 2.45) is 0 Å². The summed E-state index contributed by atoms with van der Waals surface area (Å²) in [6.45, 7) is 1.19. The molecule has 1 atom stereocenters. The Morgan fingerprint density at radius 2 is 2.07 bits per heavy atom. The number of likely N-dealkylation sites (N-methyl/N-ethyl adjacent to an activating group) is 1. The van der Waals surface area contributed by atoms with Crippen molar-refractivity contribution < 1.29 is 4.79 Å². The van der Waals surface area contributed by atoms with Crippen LogP contribution in [0.1, 0.15) is 11.6 Å². The number of hydrogen-bond acceptors (Lipinski definition) is 2. The van der Waals surface area contributed by atoms with E-state index in [2.05, 4.69) is 17.4 Å². The van der Waals surface area contributed by atoms with E-state index in [9.17, 15) is 4.79 Å². The van der Waals surface area contributed by atoms with Gasteiger partial charge in [0.25, 0.3) is 0 Å². The van der Waals surface area contributed by atoms with Gasteiger partial charge in [-0.25, -0.2) is 0 Å². The van der Waals surface area contributed by atoms with Gasteiger partial charge in [0.05, 0.1) is 12.6 Å². The molecule has 1 fully saturated rings. The fourth-order valence-corrected chi connectivity index (χ4v) is 1.69. The topological polar surface area (TPSA) is 32.3 Å². The summed E-state index contributed by atoms with van der Waals surface area (Å²) in [4.78, 5) is 13.0. The van der Waals surface area contributed by atoms with E-state index in [-0.39, 0.29) is 11.9 Å². The van der Waals surface area contributed by atoms with Crippen LogP contribution in [-0.2, 0) is 4.79 Å². The van der Waals surface area contributed by atoms with Crippen LogP contribution < -0.4 is 5.32 Å². The summed E-state index contributed by atoms with van der Waals surface area (Å²) in [5.74, 6) is 0.164. The number of amides is 1. The molecular weight excluding hydrogens is 176 g/mol. The van der Waals surface area contributed by atoms with Crippen molar-refractivity contribution in [3.05, 3.63) is 35.9 Å². The molecule has 0 aliphatic carbocycles. The van der Waals surface area contributed by atoms with Crippen LogP contribution in [0.5, 0.6) is 0 Å². The SMILES string of the molecule is CN1C[C@H](c2ccccc2)NCC1=O. The fraction of sp³-hybridized carbons (Fsp3) is 0.364. The highest BCUT2D eigenvalue weighted by molar-refractivity contribution is 5.78. The number of carbonyl (C=O) groups excluding carboxylic acids is 1. The van der Waals surface area contributed by atoms with Crippen LogP contribution in [0, 0.1) is 0 Å². The predicted molar refractivity (Wildman–Crippen MR) is 54.8 cm³/mol. The van der Waals surface area contributed by atoms with E-state index in [1.807, 2.05) is 25.2 Å². The summed E-state index contributed by atoms with van der Waals surface area (Å²) in [6, 6.07) is 10.5. The van der Waals surface area contributed by atoms with Gasteiger partial charge in [-0.05, 0) is 5.56 Å². The summed E-state index contributed by atoms with van der Waals surface area (Å²) >= 11 is 0. The van der Waals surface area contributed by atoms with Crippen LogP contribution in [0.3, 0.4) is 0 Å². The summed E-state index contributed by atoms with van der Waals surface area (Å²) in [5, 5.41) is 3.22. The lowest BCUT2D eigenvalue weighted by molar-refractivity contribution is -0.131. The zero-order chi connectivity index (χ0) is 9.97. The van der Waals surface area contributed by atoms with Gasteiger partial charge in [0.1, 0.15) is 0 Å². The monoisotopic (exact) mass is 190 g/mol. The molecule has 1 aliphatic heterocycles. The smallest absolute Gasteiger partial charge is 0.236 e. The molecule has 0 bridgehead atoms. The first-order chi connectivity index (χ1) is 6.77. The van der Waals surface area contributed by atoms with E-state index in [4.69, 9.17) is 0 Å². The highest BCUT2D eigenvalue weighted by atomic mass is 16.2. The minimum atomic E-state index is 0.164. The Labute approximate surface area is 83.7 Å². The van der Waals surface area contributed by atoms with Gasteiger partial charge in [-0.15, -0.1) is 0 Å². The molecule has 0 saturated carbocycles. The Bertz CT molecular complexity index is 323. The van der Waals surface area contributed by atoms with Crippen molar-refractivity contribution >= 4 is 5.91 Å². The minimum absolute atomic E-state index is 0.164. The molecule has 1 saturated heterocycles. The lowest BCUT2D eigenvalue weighted by Crippen LogP contribution is -2.47. The average Bonchev–Trinajstić information content (AvgIpc) is 2.23. The number of hydrogen-bond donors (Lipinski definition) is 1. The molecule has 74 valence electrons. The molecule has 1 aromatic carbocycles. The van der Waals surface area contributed by atoms with Crippen molar-refractivity contribution in [2.45, 2.75) is 6.04 Å². The quantitative estimate of drug-likeness (QED) is 0.710. The van der Waals surface area contributed by atoms with Gasteiger partial charge in [-0.1, -0.05) is 30.3 Å². The number of rotatable bonds is 1. The second kappa shape index (κ2) is 3.80. The van der Waals surface area contributed by atoms with Crippen LogP contribution in [0.15, 0.2) is 30.3 Å². The molecule has 3 nitrogen and oxygen atoms in total. The van der Waals surface area contributed by atoms with Gasteiger partial charge in [0, 0.05) is 13.6 Å². The first-order valence-corrected chi connectivity index (χ1v) is 4.79. The van der Waals surface area contributed by atoms with Gasteiger partial charge in [0.2, 0.25) is 5.91 Å². The van der Waals surface area contributed by atoms with Crippen LogP contribution >= 0.6 is 0 Å². The third-order valence-corrected chi connectivity index (χ3v) is 2.58. The normalized spacial score (nSPS) is 22.5. The van der Waals surface area contributed by atoms with Crippen molar-refractivity contribution in [1.82, 2.24) is 10.2 Å². The van der Waals surface area contributed by atoms with Gasteiger partial charge in [-0.2, -0.15) is 0 Å². The van der Waals surface area contributed by atoms with E-state index >= 15 is 0 Å². The Morgan fingerprint density at radius 1 is 1.36 bits per heavy atom. The minimum Gasteiger partial charge on any atom is -0.343 e. The molecular formula is C11H14N2O. The zero-order valence-corrected chi connectivity index (χ0v) is 8.23. The molecule has 1 amide bonds. The molecule has 2 rings (SSSR count). The summed E-state index contributed by atoms with van der Waals surface area (Å²) in [6.07, 6.45) is 0. The molecule has 14 heavy (non-hydrogen) atoms. The molecule has 1 N–H and O–H groups in total. The van der Waals surface area contributed by atoms with E-state index in [0.29, 0.717) is 6.54 Å². The van der Waals surface area contributed by atoms with E-state index in [1.54, 1.807) is 4.90 Å². The Balaban J connectivity index is 2.11. The predicted octanol–water partition coefficient (Wildman–Crippen LogP) is 0.789. The van der Waals surface area contributed by atoms with Crippen LogP contribution in [0.25, 0.3) is 0 Å². The molecule has 0 aromatic heterocycles. The van der Waals surface area contributed by atoms with Crippen molar-refractivity contribution in [3.8, 4) is 0 Å². The van der Waals surface area contributed by atoms with Gasteiger partial charge in [0.15, 0.2) is 0 Å².